The van der Waals surface area contributed by atoms with Crippen LogP contribution in [0.1, 0.15) is 12.6 Å². The smallest absolute Gasteiger partial charge is 0.452 e. The Labute approximate surface area is 162 Å². The van der Waals surface area contributed by atoms with Crippen LogP contribution in [0.3, 0.4) is 0 Å². The van der Waals surface area contributed by atoms with Crippen molar-refractivity contribution in [3.8, 4) is 5.75 Å². The monoisotopic (exact) mass is 408 g/mol. The highest BCUT2D eigenvalue weighted by Gasteiger charge is 2.31. The zero-order valence-electron chi connectivity index (χ0n) is 15.0. The first-order valence-electron chi connectivity index (χ1n) is 8.41. The molecule has 3 aromatic rings. The lowest BCUT2D eigenvalue weighted by Crippen LogP contribution is -2.30. The Morgan fingerprint density at radius 2 is 1.83 bits per heavy atom. The maximum absolute atomic E-state index is 12.2. The molecule has 7 nitrogen and oxygen atoms in total. The summed E-state index contributed by atoms with van der Waals surface area (Å²) in [6.45, 7) is 1.37. The summed E-state index contributed by atoms with van der Waals surface area (Å²) in [5.74, 6) is -1.75. The largest absolute Gasteiger partial charge is 0.573 e. The minimum atomic E-state index is -4.80. The second-order valence-electron chi connectivity index (χ2n) is 6.00. The van der Waals surface area contributed by atoms with E-state index in [1.165, 1.54) is 19.1 Å². The molecule has 0 spiro atoms. The number of carbonyl (C=O) groups excluding carboxylic acids is 2. The van der Waals surface area contributed by atoms with Crippen LogP contribution in [0.15, 0.2) is 53.1 Å². The number of para-hydroxylation sites is 1. The van der Waals surface area contributed by atoms with E-state index in [0.29, 0.717) is 16.7 Å². The van der Waals surface area contributed by atoms with Gasteiger partial charge in [0.25, 0.3) is 5.91 Å². The molecule has 152 valence electrons. The highest BCUT2D eigenvalue weighted by molar-refractivity contribution is 5.95. The highest BCUT2D eigenvalue weighted by atomic mass is 19.4. The van der Waals surface area contributed by atoms with E-state index in [4.69, 9.17) is 9.26 Å². The van der Waals surface area contributed by atoms with E-state index >= 15 is 0 Å². The number of rotatable bonds is 6. The standard InChI is InChI=1S/C19H15F3N2O5/c1-11(18(26)23-12-6-8-13(9-7-12)28-19(20,21)22)27-17(25)10-15-14-4-2-3-5-16(14)29-24-15/h2-9,11H,10H2,1H3,(H,23,26)/t11-/m0/s1. The van der Waals surface area contributed by atoms with E-state index < -0.39 is 30.1 Å². The predicted molar refractivity (Wildman–Crippen MR) is 95.0 cm³/mol. The molecular weight excluding hydrogens is 393 g/mol. The van der Waals surface area contributed by atoms with Gasteiger partial charge < -0.3 is 19.3 Å². The Morgan fingerprint density at radius 3 is 2.52 bits per heavy atom. The van der Waals surface area contributed by atoms with Crippen molar-refractivity contribution in [2.24, 2.45) is 0 Å². The molecule has 0 bridgehead atoms. The number of alkyl halides is 3. The number of benzene rings is 2. The Kier molecular flexibility index (Phi) is 5.71. The third kappa shape index (κ3) is 5.47. The van der Waals surface area contributed by atoms with Gasteiger partial charge in [-0.05, 0) is 43.3 Å². The summed E-state index contributed by atoms with van der Waals surface area (Å²) in [6, 6.07) is 11.6. The highest BCUT2D eigenvalue weighted by Crippen LogP contribution is 2.24. The van der Waals surface area contributed by atoms with Crippen molar-refractivity contribution in [3.63, 3.8) is 0 Å². The molecule has 1 N–H and O–H groups in total. The van der Waals surface area contributed by atoms with Gasteiger partial charge in [0.1, 0.15) is 11.4 Å². The Bertz CT molecular complexity index is 1010. The summed E-state index contributed by atoms with van der Waals surface area (Å²) >= 11 is 0. The van der Waals surface area contributed by atoms with Gasteiger partial charge in [-0.2, -0.15) is 0 Å². The van der Waals surface area contributed by atoms with E-state index in [1.807, 2.05) is 0 Å². The average Bonchev–Trinajstić information content (AvgIpc) is 3.05. The van der Waals surface area contributed by atoms with E-state index in [9.17, 15) is 22.8 Å². The number of ether oxygens (including phenoxy) is 2. The summed E-state index contributed by atoms with van der Waals surface area (Å²) in [5.41, 5.74) is 1.13. The zero-order chi connectivity index (χ0) is 21.0. The van der Waals surface area contributed by atoms with Crippen LogP contribution in [0.5, 0.6) is 5.75 Å². The van der Waals surface area contributed by atoms with Crippen LogP contribution in [0.25, 0.3) is 11.0 Å². The van der Waals surface area contributed by atoms with Crippen LogP contribution in [0.2, 0.25) is 0 Å². The van der Waals surface area contributed by atoms with Gasteiger partial charge >= 0.3 is 12.3 Å². The number of aromatic nitrogens is 1. The second-order valence-corrected chi connectivity index (χ2v) is 6.00. The molecule has 1 atom stereocenters. The Balaban J connectivity index is 1.54. The minimum absolute atomic E-state index is 0.182. The van der Waals surface area contributed by atoms with Gasteiger partial charge in [-0.15, -0.1) is 13.2 Å². The summed E-state index contributed by atoms with van der Waals surface area (Å²) in [7, 11) is 0. The normalized spacial score (nSPS) is 12.4. The van der Waals surface area contributed by atoms with E-state index in [2.05, 4.69) is 15.2 Å². The maximum atomic E-state index is 12.2. The molecule has 0 aliphatic rings. The van der Waals surface area contributed by atoms with Crippen molar-refractivity contribution >= 4 is 28.5 Å². The van der Waals surface area contributed by atoms with E-state index in [0.717, 1.165) is 12.1 Å². The number of esters is 1. The third-order valence-corrected chi connectivity index (χ3v) is 3.80. The molecule has 2 aromatic carbocycles. The molecule has 1 amide bonds. The van der Waals surface area contributed by atoms with Gasteiger partial charge in [0, 0.05) is 11.1 Å². The first-order valence-corrected chi connectivity index (χ1v) is 8.41. The van der Waals surface area contributed by atoms with Gasteiger partial charge in [0.05, 0.1) is 6.42 Å². The number of hydrogen-bond acceptors (Lipinski definition) is 6. The Hall–Kier alpha value is -3.56. The molecule has 3 rings (SSSR count). The molecule has 29 heavy (non-hydrogen) atoms. The number of nitrogens with zero attached hydrogens (tertiary/aromatic N) is 1. The molecule has 0 aliphatic carbocycles. The topological polar surface area (TPSA) is 90.7 Å². The maximum Gasteiger partial charge on any atom is 0.573 e. The molecular formula is C19H15F3N2O5. The summed E-state index contributed by atoms with van der Waals surface area (Å²) < 4.78 is 50.4. The van der Waals surface area contributed by atoms with Crippen LogP contribution in [-0.2, 0) is 20.7 Å². The second kappa shape index (κ2) is 8.21. The number of carbonyl (C=O) groups is 2. The van der Waals surface area contributed by atoms with Gasteiger partial charge in [-0.1, -0.05) is 17.3 Å². The zero-order valence-corrected chi connectivity index (χ0v) is 15.0. The van der Waals surface area contributed by atoms with Crippen LogP contribution < -0.4 is 10.1 Å². The fraction of sp³-hybridized carbons (Fsp3) is 0.211. The first kappa shape index (κ1) is 20.2. The number of amides is 1. The SMILES string of the molecule is C[C@H](OC(=O)Cc1noc2ccccc12)C(=O)Nc1ccc(OC(F)(F)F)cc1. The molecule has 0 fully saturated rings. The molecule has 0 unspecified atom stereocenters. The van der Waals surface area contributed by atoms with Crippen LogP contribution in [0.4, 0.5) is 18.9 Å². The van der Waals surface area contributed by atoms with Crippen molar-refractivity contribution in [3.05, 3.63) is 54.2 Å². The molecule has 10 heteroatoms. The summed E-state index contributed by atoms with van der Waals surface area (Å²) in [4.78, 5) is 24.2. The molecule has 0 radical (unpaired) electrons. The summed E-state index contributed by atoms with van der Waals surface area (Å²) in [5, 5.41) is 6.93. The van der Waals surface area contributed by atoms with Crippen LogP contribution >= 0.6 is 0 Å². The summed E-state index contributed by atoms with van der Waals surface area (Å²) in [6.07, 6.45) is -6.12. The van der Waals surface area contributed by atoms with E-state index in [-0.39, 0.29) is 12.1 Å². The quantitative estimate of drug-likeness (QED) is 0.624. The van der Waals surface area contributed by atoms with Gasteiger partial charge in [-0.25, -0.2) is 0 Å². The number of nitrogens with one attached hydrogen (secondary N) is 1. The molecule has 1 aromatic heterocycles. The van der Waals surface area contributed by atoms with Crippen molar-refractivity contribution in [2.75, 3.05) is 5.32 Å². The molecule has 0 saturated carbocycles. The molecule has 0 saturated heterocycles. The average molecular weight is 408 g/mol. The molecule has 0 aliphatic heterocycles. The van der Waals surface area contributed by atoms with Crippen molar-refractivity contribution in [1.29, 1.82) is 0 Å². The van der Waals surface area contributed by atoms with Crippen molar-refractivity contribution < 1.29 is 36.8 Å². The van der Waals surface area contributed by atoms with E-state index in [1.54, 1.807) is 24.3 Å². The number of halogens is 3. The van der Waals surface area contributed by atoms with Crippen molar-refractivity contribution in [1.82, 2.24) is 5.16 Å². The van der Waals surface area contributed by atoms with Crippen molar-refractivity contribution in [2.45, 2.75) is 25.8 Å². The third-order valence-electron chi connectivity index (χ3n) is 3.80. The lowest BCUT2D eigenvalue weighted by atomic mass is 10.2. The lowest BCUT2D eigenvalue weighted by Gasteiger charge is -2.14. The molecule has 1 heterocycles. The van der Waals surface area contributed by atoms with Gasteiger partial charge in [-0.3, -0.25) is 9.59 Å². The predicted octanol–water partition coefficient (Wildman–Crippen LogP) is 3.84. The number of anilines is 1. The number of fused-ring (bicyclic) bond motifs is 1. The Morgan fingerprint density at radius 1 is 1.14 bits per heavy atom. The van der Waals surface area contributed by atoms with Gasteiger partial charge in [0.2, 0.25) is 0 Å². The fourth-order valence-electron chi connectivity index (χ4n) is 2.48. The van der Waals surface area contributed by atoms with Gasteiger partial charge in [0.15, 0.2) is 11.7 Å². The van der Waals surface area contributed by atoms with Crippen LogP contribution in [-0.4, -0.2) is 29.5 Å². The minimum Gasteiger partial charge on any atom is -0.452 e. The van der Waals surface area contributed by atoms with Crippen LogP contribution in [0, 0.1) is 0 Å². The first-order chi connectivity index (χ1) is 13.7. The lowest BCUT2D eigenvalue weighted by molar-refractivity contribution is -0.274. The fourth-order valence-corrected chi connectivity index (χ4v) is 2.48. The number of hydrogen-bond donors (Lipinski definition) is 1.